The zero-order valence-corrected chi connectivity index (χ0v) is 13.0. The fraction of sp³-hybridized carbons (Fsp3) is 0.267. The van der Waals surface area contributed by atoms with E-state index < -0.39 is 6.04 Å². The van der Waals surface area contributed by atoms with Gasteiger partial charge in [-0.25, -0.2) is 0 Å². The largest absolute Gasteiger partial charge is 0.325 e. The SMILES string of the molecule is CSCC[C@@H](N)C(=O)Nc1ccc2ccccc2c1.Cl. The van der Waals surface area contributed by atoms with Crippen LogP contribution in [0.3, 0.4) is 0 Å². The molecule has 0 unspecified atom stereocenters. The van der Waals surface area contributed by atoms with Gasteiger partial charge in [-0.05, 0) is 41.3 Å². The highest BCUT2D eigenvalue weighted by atomic mass is 35.5. The van der Waals surface area contributed by atoms with Crippen molar-refractivity contribution in [1.29, 1.82) is 0 Å². The Balaban J connectivity index is 0.00000200. The number of benzene rings is 2. The third kappa shape index (κ3) is 4.40. The summed E-state index contributed by atoms with van der Waals surface area (Å²) in [6.45, 7) is 0. The van der Waals surface area contributed by atoms with Gasteiger partial charge in [-0.15, -0.1) is 12.4 Å². The number of fused-ring (bicyclic) bond motifs is 1. The maximum absolute atomic E-state index is 11.9. The first-order valence-corrected chi connectivity index (χ1v) is 7.64. The van der Waals surface area contributed by atoms with Gasteiger partial charge >= 0.3 is 0 Å². The second kappa shape index (κ2) is 8.15. The number of hydrogen-bond acceptors (Lipinski definition) is 3. The van der Waals surface area contributed by atoms with Crippen LogP contribution in [0.25, 0.3) is 10.8 Å². The summed E-state index contributed by atoms with van der Waals surface area (Å²) in [5, 5.41) is 5.14. The van der Waals surface area contributed by atoms with Crippen LogP contribution in [-0.4, -0.2) is 24.0 Å². The lowest BCUT2D eigenvalue weighted by Gasteiger charge is -2.12. The number of hydrogen-bond donors (Lipinski definition) is 2. The van der Waals surface area contributed by atoms with Gasteiger partial charge in [-0.3, -0.25) is 4.79 Å². The highest BCUT2D eigenvalue weighted by Crippen LogP contribution is 2.19. The topological polar surface area (TPSA) is 55.1 Å². The highest BCUT2D eigenvalue weighted by molar-refractivity contribution is 7.98. The van der Waals surface area contributed by atoms with Gasteiger partial charge in [0.1, 0.15) is 0 Å². The van der Waals surface area contributed by atoms with Gasteiger partial charge in [0.05, 0.1) is 6.04 Å². The number of nitrogens with one attached hydrogen (secondary N) is 1. The minimum absolute atomic E-state index is 0. The fourth-order valence-electron chi connectivity index (χ4n) is 1.88. The van der Waals surface area contributed by atoms with E-state index >= 15 is 0 Å². The van der Waals surface area contributed by atoms with Crippen molar-refractivity contribution >= 4 is 46.5 Å². The average molecular weight is 311 g/mol. The van der Waals surface area contributed by atoms with Crippen molar-refractivity contribution in [1.82, 2.24) is 0 Å². The summed E-state index contributed by atoms with van der Waals surface area (Å²) >= 11 is 1.70. The number of rotatable bonds is 5. The summed E-state index contributed by atoms with van der Waals surface area (Å²) in [7, 11) is 0. The molecule has 0 aliphatic rings. The normalized spacial score (nSPS) is 11.7. The summed E-state index contributed by atoms with van der Waals surface area (Å²) in [6, 6.07) is 13.5. The first-order valence-electron chi connectivity index (χ1n) is 6.25. The second-order valence-electron chi connectivity index (χ2n) is 4.44. The van der Waals surface area contributed by atoms with E-state index in [-0.39, 0.29) is 18.3 Å². The predicted molar refractivity (Wildman–Crippen MR) is 90.8 cm³/mol. The molecule has 0 aromatic heterocycles. The molecule has 1 amide bonds. The maximum Gasteiger partial charge on any atom is 0.241 e. The molecule has 20 heavy (non-hydrogen) atoms. The minimum atomic E-state index is -0.445. The molecule has 3 N–H and O–H groups in total. The van der Waals surface area contributed by atoms with E-state index in [0.717, 1.165) is 22.2 Å². The molecular weight excluding hydrogens is 292 g/mol. The third-order valence-electron chi connectivity index (χ3n) is 2.99. The Hall–Kier alpha value is -1.23. The number of carbonyl (C=O) groups is 1. The van der Waals surface area contributed by atoms with Crippen LogP contribution in [0, 0.1) is 0 Å². The van der Waals surface area contributed by atoms with E-state index in [0.29, 0.717) is 6.42 Å². The number of halogens is 1. The van der Waals surface area contributed by atoms with Crippen molar-refractivity contribution in [3.05, 3.63) is 42.5 Å². The molecule has 1 atom stereocenters. The van der Waals surface area contributed by atoms with Crippen molar-refractivity contribution < 1.29 is 4.79 Å². The molecule has 2 aromatic carbocycles. The van der Waals surface area contributed by atoms with Gasteiger partial charge in [-0.1, -0.05) is 30.3 Å². The van der Waals surface area contributed by atoms with Crippen LogP contribution < -0.4 is 11.1 Å². The molecule has 3 nitrogen and oxygen atoms in total. The van der Waals surface area contributed by atoms with E-state index in [4.69, 9.17) is 5.73 Å². The van der Waals surface area contributed by atoms with Crippen LogP contribution in [0.1, 0.15) is 6.42 Å². The summed E-state index contributed by atoms with van der Waals surface area (Å²) in [5.41, 5.74) is 6.63. The van der Waals surface area contributed by atoms with Gasteiger partial charge in [0.15, 0.2) is 0 Å². The molecule has 5 heteroatoms. The molecule has 0 radical (unpaired) electrons. The lowest BCUT2D eigenvalue weighted by molar-refractivity contribution is -0.117. The monoisotopic (exact) mass is 310 g/mol. The number of thioether (sulfide) groups is 1. The molecule has 0 bridgehead atoms. The molecule has 2 aromatic rings. The lowest BCUT2D eigenvalue weighted by Crippen LogP contribution is -2.36. The van der Waals surface area contributed by atoms with E-state index in [1.807, 2.05) is 48.7 Å². The average Bonchev–Trinajstić information content (AvgIpc) is 2.44. The van der Waals surface area contributed by atoms with E-state index in [9.17, 15) is 4.79 Å². The van der Waals surface area contributed by atoms with Crippen LogP contribution >= 0.6 is 24.2 Å². The quantitative estimate of drug-likeness (QED) is 0.891. The third-order valence-corrected chi connectivity index (χ3v) is 3.63. The number of anilines is 1. The van der Waals surface area contributed by atoms with Crippen LogP contribution in [0.2, 0.25) is 0 Å². The van der Waals surface area contributed by atoms with Crippen molar-refractivity contribution in [2.75, 3.05) is 17.3 Å². The fourth-order valence-corrected chi connectivity index (χ4v) is 2.37. The first-order chi connectivity index (χ1) is 9.20. The first kappa shape index (κ1) is 16.8. The van der Waals surface area contributed by atoms with Gasteiger partial charge < -0.3 is 11.1 Å². The van der Waals surface area contributed by atoms with Gasteiger partial charge in [-0.2, -0.15) is 11.8 Å². The van der Waals surface area contributed by atoms with Gasteiger partial charge in [0.25, 0.3) is 0 Å². The Morgan fingerprint density at radius 1 is 1.25 bits per heavy atom. The highest BCUT2D eigenvalue weighted by Gasteiger charge is 2.12. The number of carbonyl (C=O) groups excluding carboxylic acids is 1. The van der Waals surface area contributed by atoms with Crippen LogP contribution in [0.4, 0.5) is 5.69 Å². The molecule has 0 saturated heterocycles. The molecule has 108 valence electrons. The van der Waals surface area contributed by atoms with Crippen molar-refractivity contribution in [3.8, 4) is 0 Å². The van der Waals surface area contributed by atoms with Crippen molar-refractivity contribution in [3.63, 3.8) is 0 Å². The summed E-state index contributed by atoms with van der Waals surface area (Å²) in [6.07, 6.45) is 2.70. The zero-order chi connectivity index (χ0) is 13.7. The van der Waals surface area contributed by atoms with Crippen LogP contribution in [0.15, 0.2) is 42.5 Å². The Morgan fingerprint density at radius 2 is 1.95 bits per heavy atom. The van der Waals surface area contributed by atoms with E-state index in [1.165, 1.54) is 0 Å². The molecule has 0 aliphatic carbocycles. The summed E-state index contributed by atoms with van der Waals surface area (Å²) in [4.78, 5) is 11.9. The Morgan fingerprint density at radius 3 is 2.65 bits per heavy atom. The Labute approximate surface area is 129 Å². The molecule has 0 fully saturated rings. The zero-order valence-electron chi connectivity index (χ0n) is 11.3. The number of nitrogens with two attached hydrogens (primary N) is 1. The van der Waals surface area contributed by atoms with E-state index in [2.05, 4.69) is 5.32 Å². The van der Waals surface area contributed by atoms with Gasteiger partial charge in [0, 0.05) is 5.69 Å². The van der Waals surface area contributed by atoms with Crippen LogP contribution in [-0.2, 0) is 4.79 Å². The Kier molecular flexibility index (Phi) is 6.85. The molecule has 0 heterocycles. The molecule has 2 rings (SSSR count). The molecule has 0 aliphatic heterocycles. The molecule has 0 saturated carbocycles. The summed E-state index contributed by atoms with van der Waals surface area (Å²) in [5.74, 6) is 0.774. The maximum atomic E-state index is 11.9. The van der Waals surface area contributed by atoms with Crippen molar-refractivity contribution in [2.45, 2.75) is 12.5 Å². The Bertz CT molecular complexity index is 577. The molecule has 0 spiro atoms. The standard InChI is InChI=1S/C15H18N2OS.ClH/c1-19-9-8-14(16)15(18)17-13-7-6-11-4-2-3-5-12(11)10-13;/h2-7,10,14H,8-9,16H2,1H3,(H,17,18);1H/t14-;/m1./s1. The predicted octanol–water partition coefficient (Wildman–Crippen LogP) is 3.28. The lowest BCUT2D eigenvalue weighted by atomic mass is 10.1. The van der Waals surface area contributed by atoms with Crippen molar-refractivity contribution in [2.24, 2.45) is 5.73 Å². The van der Waals surface area contributed by atoms with Gasteiger partial charge in [0.2, 0.25) is 5.91 Å². The van der Waals surface area contributed by atoms with E-state index in [1.54, 1.807) is 11.8 Å². The smallest absolute Gasteiger partial charge is 0.241 e. The van der Waals surface area contributed by atoms with Crippen LogP contribution in [0.5, 0.6) is 0 Å². The second-order valence-corrected chi connectivity index (χ2v) is 5.42. The molecular formula is C15H19ClN2OS. The number of amides is 1. The minimum Gasteiger partial charge on any atom is -0.325 e. The summed E-state index contributed by atoms with van der Waals surface area (Å²) < 4.78 is 0.